The summed E-state index contributed by atoms with van der Waals surface area (Å²) in [6.45, 7) is 0.874. The molecule has 1 N–H and O–H groups in total. The van der Waals surface area contributed by atoms with E-state index in [1.807, 2.05) is 0 Å². The molecule has 90 valence electrons. The molecule has 0 aliphatic rings. The van der Waals surface area contributed by atoms with Gasteiger partial charge in [0.2, 0.25) is 0 Å². The minimum Gasteiger partial charge on any atom is -0.383 e. The Morgan fingerprint density at radius 3 is 2.88 bits per heavy atom. The Kier molecular flexibility index (Phi) is 6.06. The zero-order chi connectivity index (χ0) is 12.0. The molecule has 1 atom stereocenters. The van der Waals surface area contributed by atoms with Gasteiger partial charge in [0.15, 0.2) is 0 Å². The number of rotatable bonds is 6. The maximum atomic E-state index is 13.5. The van der Waals surface area contributed by atoms with Crippen molar-refractivity contribution in [2.75, 3.05) is 19.6 Å². The molecule has 1 unspecified atom stereocenters. The highest BCUT2D eigenvalue weighted by atomic mass is 35.5. The zero-order valence-corrected chi connectivity index (χ0v) is 10.5. The van der Waals surface area contributed by atoms with Crippen LogP contribution in [0.25, 0.3) is 0 Å². The van der Waals surface area contributed by atoms with Crippen molar-refractivity contribution in [3.8, 4) is 0 Å². The highest BCUT2D eigenvalue weighted by Crippen LogP contribution is 2.17. The van der Waals surface area contributed by atoms with Crippen LogP contribution >= 0.6 is 23.2 Å². The van der Waals surface area contributed by atoms with Crippen LogP contribution in [0.2, 0.25) is 5.02 Å². The van der Waals surface area contributed by atoms with Crippen molar-refractivity contribution in [1.82, 2.24) is 5.32 Å². The van der Waals surface area contributed by atoms with E-state index in [0.717, 1.165) is 0 Å². The molecular weight excluding hydrogens is 252 g/mol. The molecule has 0 saturated heterocycles. The molecule has 0 bridgehead atoms. The van der Waals surface area contributed by atoms with Crippen molar-refractivity contribution in [3.63, 3.8) is 0 Å². The molecule has 1 rings (SSSR count). The average Bonchev–Trinajstić information content (AvgIpc) is 2.29. The quantitative estimate of drug-likeness (QED) is 0.799. The van der Waals surface area contributed by atoms with Crippen molar-refractivity contribution in [3.05, 3.63) is 34.6 Å². The lowest BCUT2D eigenvalue weighted by molar-refractivity contribution is 0.172. The Morgan fingerprint density at radius 2 is 2.25 bits per heavy atom. The van der Waals surface area contributed by atoms with E-state index < -0.39 is 0 Å². The predicted molar refractivity (Wildman–Crippen MR) is 64.6 cm³/mol. The summed E-state index contributed by atoms with van der Waals surface area (Å²) in [6, 6.07) is 4.93. The first kappa shape index (κ1) is 13.7. The van der Waals surface area contributed by atoms with Crippen LogP contribution in [0.4, 0.5) is 4.39 Å². The molecule has 0 aromatic heterocycles. The molecule has 0 amide bonds. The summed E-state index contributed by atoms with van der Waals surface area (Å²) in [5.74, 6) is 0.0261. The second-order valence-electron chi connectivity index (χ2n) is 3.40. The topological polar surface area (TPSA) is 21.3 Å². The molecule has 1 aromatic rings. The first-order valence-corrected chi connectivity index (χ1v) is 5.81. The second-order valence-corrected chi connectivity index (χ2v) is 4.12. The van der Waals surface area contributed by atoms with Crippen molar-refractivity contribution in [2.45, 2.75) is 12.6 Å². The molecule has 0 saturated carbocycles. The van der Waals surface area contributed by atoms with Crippen LogP contribution in [0.5, 0.6) is 0 Å². The fraction of sp³-hybridized carbons (Fsp3) is 0.455. The largest absolute Gasteiger partial charge is 0.383 e. The van der Waals surface area contributed by atoms with Crippen molar-refractivity contribution < 1.29 is 9.13 Å². The van der Waals surface area contributed by atoms with Crippen molar-refractivity contribution >= 4 is 23.2 Å². The Bertz CT molecular complexity index is 336. The lowest BCUT2D eigenvalue weighted by atomic mass is 10.2. The predicted octanol–water partition coefficient (Wildman–Crippen LogP) is 2.82. The van der Waals surface area contributed by atoms with Crippen molar-refractivity contribution in [1.29, 1.82) is 0 Å². The highest BCUT2D eigenvalue weighted by molar-refractivity contribution is 6.30. The van der Waals surface area contributed by atoms with Gasteiger partial charge in [-0.1, -0.05) is 23.7 Å². The van der Waals surface area contributed by atoms with Gasteiger partial charge in [-0.25, -0.2) is 4.39 Å². The summed E-state index contributed by atoms with van der Waals surface area (Å²) in [7, 11) is 1.60. The molecule has 0 radical (unpaired) electrons. The minimum atomic E-state index is -0.387. The Morgan fingerprint density at radius 1 is 1.50 bits per heavy atom. The van der Waals surface area contributed by atoms with Gasteiger partial charge in [-0.3, -0.25) is 0 Å². The van der Waals surface area contributed by atoms with Crippen molar-refractivity contribution in [2.24, 2.45) is 0 Å². The highest BCUT2D eigenvalue weighted by Gasteiger charge is 2.09. The van der Waals surface area contributed by atoms with Gasteiger partial charge in [-0.2, -0.15) is 0 Å². The number of hydrogen-bond acceptors (Lipinski definition) is 2. The third kappa shape index (κ3) is 3.91. The van der Waals surface area contributed by atoms with E-state index in [-0.39, 0.29) is 16.9 Å². The van der Waals surface area contributed by atoms with E-state index in [2.05, 4.69) is 5.32 Å². The van der Waals surface area contributed by atoms with Gasteiger partial charge < -0.3 is 10.1 Å². The summed E-state index contributed by atoms with van der Waals surface area (Å²) < 4.78 is 18.5. The SMILES string of the molecule is COCC(CCl)NCc1cccc(Cl)c1F. The number of ether oxygens (including phenoxy) is 1. The molecule has 1 aromatic carbocycles. The average molecular weight is 266 g/mol. The van der Waals surface area contributed by atoms with Crippen LogP contribution < -0.4 is 5.32 Å². The normalized spacial score (nSPS) is 12.8. The smallest absolute Gasteiger partial charge is 0.146 e. The molecule has 0 spiro atoms. The van der Waals surface area contributed by atoms with Gasteiger partial charge in [0.25, 0.3) is 0 Å². The van der Waals surface area contributed by atoms with E-state index in [9.17, 15) is 4.39 Å². The van der Waals surface area contributed by atoms with Crippen LogP contribution in [0.1, 0.15) is 5.56 Å². The van der Waals surface area contributed by atoms with E-state index in [4.69, 9.17) is 27.9 Å². The number of alkyl halides is 1. The molecule has 0 aliphatic heterocycles. The van der Waals surface area contributed by atoms with E-state index >= 15 is 0 Å². The lowest BCUT2D eigenvalue weighted by Crippen LogP contribution is -2.34. The summed E-state index contributed by atoms with van der Waals surface area (Å²) in [5, 5.41) is 3.23. The van der Waals surface area contributed by atoms with E-state index in [1.165, 1.54) is 6.07 Å². The number of methoxy groups -OCH3 is 1. The fourth-order valence-corrected chi connectivity index (χ4v) is 1.69. The summed E-state index contributed by atoms with van der Waals surface area (Å²) in [5.41, 5.74) is 0.527. The van der Waals surface area contributed by atoms with Gasteiger partial charge >= 0.3 is 0 Å². The first-order chi connectivity index (χ1) is 7.69. The Labute approximate surface area is 105 Å². The first-order valence-electron chi connectivity index (χ1n) is 4.90. The molecule has 5 heteroatoms. The van der Waals surface area contributed by atoms with Crippen LogP contribution in [-0.4, -0.2) is 25.6 Å². The molecule has 0 fully saturated rings. The second kappa shape index (κ2) is 7.07. The van der Waals surface area contributed by atoms with E-state index in [1.54, 1.807) is 19.2 Å². The summed E-state index contributed by atoms with van der Waals surface area (Å²) in [6.07, 6.45) is 0. The molecule has 2 nitrogen and oxygen atoms in total. The van der Waals surface area contributed by atoms with Crippen LogP contribution in [0, 0.1) is 5.82 Å². The number of hydrogen-bond donors (Lipinski definition) is 1. The zero-order valence-electron chi connectivity index (χ0n) is 8.97. The standard InChI is InChI=1S/C11H14Cl2FNO/c1-16-7-9(5-12)15-6-8-3-2-4-10(13)11(8)14/h2-4,9,15H,5-7H2,1H3. The molecule has 0 heterocycles. The van der Waals surface area contributed by atoms with Gasteiger partial charge in [-0.05, 0) is 6.07 Å². The lowest BCUT2D eigenvalue weighted by Gasteiger charge is -2.15. The Balaban J connectivity index is 2.56. The number of nitrogens with one attached hydrogen (secondary N) is 1. The van der Waals surface area contributed by atoms with E-state index in [0.29, 0.717) is 24.6 Å². The number of halogens is 3. The maximum Gasteiger partial charge on any atom is 0.146 e. The summed E-state index contributed by atoms with van der Waals surface area (Å²) in [4.78, 5) is 0. The molecule has 0 aliphatic carbocycles. The maximum absolute atomic E-state index is 13.5. The van der Waals surface area contributed by atoms with Gasteiger partial charge in [0.1, 0.15) is 5.82 Å². The van der Waals surface area contributed by atoms with Gasteiger partial charge in [0.05, 0.1) is 11.6 Å². The fourth-order valence-electron chi connectivity index (χ4n) is 1.30. The van der Waals surface area contributed by atoms with Crippen LogP contribution in [0.15, 0.2) is 18.2 Å². The van der Waals surface area contributed by atoms with Gasteiger partial charge in [0, 0.05) is 31.1 Å². The van der Waals surface area contributed by atoms with Crippen LogP contribution in [0.3, 0.4) is 0 Å². The minimum absolute atomic E-state index is 0.00467. The third-order valence-electron chi connectivity index (χ3n) is 2.17. The van der Waals surface area contributed by atoms with Gasteiger partial charge in [-0.15, -0.1) is 11.6 Å². The van der Waals surface area contributed by atoms with Crippen LogP contribution in [-0.2, 0) is 11.3 Å². The Hall–Kier alpha value is -0.350. The number of benzene rings is 1. The summed E-state index contributed by atoms with van der Waals surface area (Å²) >= 11 is 11.4. The molecular formula is C11H14Cl2FNO. The third-order valence-corrected chi connectivity index (χ3v) is 2.83. The monoisotopic (exact) mass is 265 g/mol. The molecule has 16 heavy (non-hydrogen) atoms.